The molecule has 2 heterocycles. The second-order valence-corrected chi connectivity index (χ2v) is 7.78. The molecule has 29 heavy (non-hydrogen) atoms. The summed E-state index contributed by atoms with van der Waals surface area (Å²) in [5.74, 6) is -0.116. The van der Waals surface area contributed by atoms with Crippen molar-refractivity contribution in [2.24, 2.45) is 0 Å². The summed E-state index contributed by atoms with van der Waals surface area (Å²) in [7, 11) is 0. The topological polar surface area (TPSA) is 43.9 Å². The largest absolute Gasteiger partial charge is 0.337 e. The van der Waals surface area contributed by atoms with Gasteiger partial charge in [-0.1, -0.05) is 18.2 Å². The number of halogens is 1. The summed E-state index contributed by atoms with van der Waals surface area (Å²) in [5.41, 5.74) is 3.35. The van der Waals surface area contributed by atoms with Gasteiger partial charge in [0.15, 0.2) is 0 Å². The normalized spacial score (nSPS) is 17.2. The van der Waals surface area contributed by atoms with Gasteiger partial charge < -0.3 is 9.80 Å². The van der Waals surface area contributed by atoms with Crippen molar-refractivity contribution in [3.63, 3.8) is 0 Å². The van der Waals surface area contributed by atoms with Crippen LogP contribution in [0.5, 0.6) is 0 Å². The molecule has 6 heteroatoms. The van der Waals surface area contributed by atoms with Crippen LogP contribution >= 0.6 is 0 Å². The van der Waals surface area contributed by atoms with Crippen molar-refractivity contribution in [3.05, 3.63) is 65.0 Å². The zero-order valence-corrected chi connectivity index (χ0v) is 16.7. The molecule has 0 aromatic heterocycles. The van der Waals surface area contributed by atoms with Crippen molar-refractivity contribution in [3.8, 4) is 0 Å². The Morgan fingerprint density at radius 1 is 1.00 bits per heavy atom. The second-order valence-electron chi connectivity index (χ2n) is 7.78. The van der Waals surface area contributed by atoms with Crippen LogP contribution in [-0.2, 0) is 17.8 Å². The molecule has 4 rings (SSSR count). The number of amides is 2. The van der Waals surface area contributed by atoms with Crippen molar-refractivity contribution in [1.29, 1.82) is 0 Å². The smallest absolute Gasteiger partial charge is 0.253 e. The number of anilines is 1. The van der Waals surface area contributed by atoms with Crippen molar-refractivity contribution in [2.45, 2.75) is 26.3 Å². The average molecular weight is 395 g/mol. The quantitative estimate of drug-likeness (QED) is 0.802. The minimum absolute atomic E-state index is 0.0295. The standard InChI is InChI=1S/C23H26FN3O2/c1-17(28)27-12-9-18-15-19(7-8-22(18)27)23(29)26-11-4-10-25(13-14-26)16-20-5-2-3-6-21(20)24/h2-3,5-8,15H,4,9-14,16H2,1H3. The van der Waals surface area contributed by atoms with E-state index in [0.717, 1.165) is 37.2 Å². The zero-order chi connectivity index (χ0) is 20.4. The molecule has 0 unspecified atom stereocenters. The number of fused-ring (bicyclic) bond motifs is 1. The Bertz CT molecular complexity index is 930. The molecule has 2 aromatic rings. The Morgan fingerprint density at radius 2 is 1.83 bits per heavy atom. The van der Waals surface area contributed by atoms with Crippen LogP contribution in [-0.4, -0.2) is 54.3 Å². The molecule has 2 amide bonds. The lowest BCUT2D eigenvalue weighted by Gasteiger charge is -2.22. The predicted octanol–water partition coefficient (Wildman–Crippen LogP) is 3.08. The molecule has 0 spiro atoms. The van der Waals surface area contributed by atoms with Gasteiger partial charge in [0.1, 0.15) is 5.82 Å². The number of hydrogen-bond acceptors (Lipinski definition) is 3. The molecule has 2 aliphatic heterocycles. The highest BCUT2D eigenvalue weighted by molar-refractivity contribution is 5.97. The summed E-state index contributed by atoms with van der Waals surface area (Å²) in [5, 5.41) is 0. The van der Waals surface area contributed by atoms with Crippen molar-refractivity contribution >= 4 is 17.5 Å². The molecule has 0 aliphatic carbocycles. The molecule has 2 aliphatic rings. The van der Waals surface area contributed by atoms with E-state index in [2.05, 4.69) is 4.90 Å². The molecule has 0 bridgehead atoms. The van der Waals surface area contributed by atoms with E-state index in [-0.39, 0.29) is 17.6 Å². The number of rotatable bonds is 3. The summed E-state index contributed by atoms with van der Waals surface area (Å²) in [6.07, 6.45) is 1.65. The van der Waals surface area contributed by atoms with Crippen molar-refractivity contribution in [1.82, 2.24) is 9.80 Å². The van der Waals surface area contributed by atoms with Crippen LogP contribution in [0.2, 0.25) is 0 Å². The molecule has 1 fully saturated rings. The molecule has 0 N–H and O–H groups in total. The summed E-state index contributed by atoms with van der Waals surface area (Å²) in [6.45, 7) is 5.70. The van der Waals surface area contributed by atoms with Gasteiger partial charge in [-0.2, -0.15) is 0 Å². The zero-order valence-electron chi connectivity index (χ0n) is 16.7. The van der Waals surface area contributed by atoms with E-state index in [4.69, 9.17) is 0 Å². The van der Waals surface area contributed by atoms with Crippen LogP contribution in [0.3, 0.4) is 0 Å². The molecule has 0 radical (unpaired) electrons. The number of carbonyl (C=O) groups excluding carboxylic acids is 2. The molecule has 152 valence electrons. The lowest BCUT2D eigenvalue weighted by molar-refractivity contribution is -0.116. The number of benzene rings is 2. The first-order chi connectivity index (χ1) is 14.0. The monoisotopic (exact) mass is 395 g/mol. The average Bonchev–Trinajstić information content (AvgIpc) is 3.01. The van der Waals surface area contributed by atoms with Gasteiger partial charge in [-0.05, 0) is 42.7 Å². The molecule has 1 saturated heterocycles. The highest BCUT2D eigenvalue weighted by Crippen LogP contribution is 2.29. The Balaban J connectivity index is 1.41. The third-order valence-electron chi connectivity index (χ3n) is 5.83. The lowest BCUT2D eigenvalue weighted by atomic mass is 10.1. The highest BCUT2D eigenvalue weighted by atomic mass is 19.1. The Morgan fingerprint density at radius 3 is 2.62 bits per heavy atom. The minimum Gasteiger partial charge on any atom is -0.337 e. The molecular weight excluding hydrogens is 369 g/mol. The van der Waals surface area contributed by atoms with E-state index < -0.39 is 0 Å². The van der Waals surface area contributed by atoms with Crippen molar-refractivity contribution < 1.29 is 14.0 Å². The third-order valence-corrected chi connectivity index (χ3v) is 5.83. The first-order valence-electron chi connectivity index (χ1n) is 10.2. The first-order valence-corrected chi connectivity index (χ1v) is 10.2. The lowest BCUT2D eigenvalue weighted by Crippen LogP contribution is -2.35. The van der Waals surface area contributed by atoms with Crippen LogP contribution in [0.25, 0.3) is 0 Å². The van der Waals surface area contributed by atoms with Gasteiger partial charge in [0.2, 0.25) is 5.91 Å². The van der Waals surface area contributed by atoms with Crippen LogP contribution in [0.1, 0.15) is 34.8 Å². The molecule has 2 aromatic carbocycles. The van der Waals surface area contributed by atoms with Crippen molar-refractivity contribution in [2.75, 3.05) is 37.6 Å². The van der Waals surface area contributed by atoms with Gasteiger partial charge in [0.05, 0.1) is 0 Å². The van der Waals surface area contributed by atoms with E-state index in [9.17, 15) is 14.0 Å². The third kappa shape index (κ3) is 4.17. The number of hydrogen-bond donors (Lipinski definition) is 0. The SMILES string of the molecule is CC(=O)N1CCc2cc(C(=O)N3CCCN(Cc4ccccc4F)CC3)ccc21. The Labute approximate surface area is 170 Å². The Hall–Kier alpha value is -2.73. The predicted molar refractivity (Wildman–Crippen MR) is 110 cm³/mol. The van der Waals surface area contributed by atoms with Gasteiger partial charge in [-0.3, -0.25) is 14.5 Å². The fourth-order valence-corrected chi connectivity index (χ4v) is 4.24. The van der Waals surface area contributed by atoms with E-state index in [1.54, 1.807) is 17.9 Å². The maximum absolute atomic E-state index is 13.9. The number of nitrogens with zero attached hydrogens (tertiary/aromatic N) is 3. The fraction of sp³-hybridized carbons (Fsp3) is 0.391. The molecular formula is C23H26FN3O2. The first kappa shape index (κ1) is 19.6. The molecule has 5 nitrogen and oxygen atoms in total. The molecule has 0 atom stereocenters. The van der Waals surface area contributed by atoms with Gasteiger partial charge in [0.25, 0.3) is 5.91 Å². The van der Waals surface area contributed by atoms with Gasteiger partial charge in [0, 0.05) is 63.0 Å². The van der Waals surface area contributed by atoms with Gasteiger partial charge >= 0.3 is 0 Å². The van der Waals surface area contributed by atoms with Crippen LogP contribution in [0.15, 0.2) is 42.5 Å². The highest BCUT2D eigenvalue weighted by Gasteiger charge is 2.25. The maximum atomic E-state index is 13.9. The van der Waals surface area contributed by atoms with Gasteiger partial charge in [-0.15, -0.1) is 0 Å². The van der Waals surface area contributed by atoms with Crippen LogP contribution in [0.4, 0.5) is 10.1 Å². The summed E-state index contributed by atoms with van der Waals surface area (Å²) < 4.78 is 13.9. The fourth-order valence-electron chi connectivity index (χ4n) is 4.24. The summed E-state index contributed by atoms with van der Waals surface area (Å²) >= 11 is 0. The second kappa shape index (κ2) is 8.33. The van der Waals surface area contributed by atoms with E-state index in [0.29, 0.717) is 37.3 Å². The van der Waals surface area contributed by atoms with E-state index in [1.807, 2.05) is 35.2 Å². The van der Waals surface area contributed by atoms with Crippen LogP contribution < -0.4 is 4.90 Å². The summed E-state index contributed by atoms with van der Waals surface area (Å²) in [4.78, 5) is 30.6. The maximum Gasteiger partial charge on any atom is 0.253 e. The molecule has 0 saturated carbocycles. The Kier molecular flexibility index (Phi) is 5.62. The minimum atomic E-state index is -0.178. The van der Waals surface area contributed by atoms with E-state index >= 15 is 0 Å². The number of carbonyl (C=O) groups is 2. The van der Waals surface area contributed by atoms with Crippen LogP contribution in [0, 0.1) is 5.82 Å². The van der Waals surface area contributed by atoms with E-state index in [1.165, 1.54) is 6.07 Å². The summed E-state index contributed by atoms with van der Waals surface area (Å²) in [6, 6.07) is 12.5. The van der Waals surface area contributed by atoms with Gasteiger partial charge in [-0.25, -0.2) is 4.39 Å².